The minimum Gasteiger partial charge on any atom is -0.471 e. The second-order valence-electron chi connectivity index (χ2n) is 2.80. The Morgan fingerprint density at radius 1 is 1.20 bits per heavy atom. The maximum atomic E-state index is 5.78. The van der Waals surface area contributed by atoms with E-state index in [0.717, 1.165) is 5.56 Å². The highest BCUT2D eigenvalue weighted by molar-refractivity contribution is 6.30. The normalized spacial score (nSPS) is 9.93. The molecule has 15 heavy (non-hydrogen) atoms. The van der Waals surface area contributed by atoms with Crippen LogP contribution in [0.2, 0.25) is 5.15 Å². The number of pyridine rings is 1. The highest BCUT2D eigenvalue weighted by Gasteiger charge is 2.02. The van der Waals surface area contributed by atoms with Gasteiger partial charge in [0.05, 0.1) is 0 Å². The fraction of sp³-hybridized carbons (Fsp3) is 0.100. The molecule has 0 fully saturated rings. The number of hydrogen-bond donors (Lipinski definition) is 0. The summed E-state index contributed by atoms with van der Waals surface area (Å²) in [6, 6.07) is 3.76. The quantitative estimate of drug-likeness (QED) is 0.797. The monoisotopic (exact) mass is 221 g/mol. The molecule has 4 nitrogen and oxygen atoms in total. The van der Waals surface area contributed by atoms with Crippen LogP contribution in [0.25, 0.3) is 0 Å². The third kappa shape index (κ3) is 2.63. The number of rotatable bonds is 3. The molecule has 0 spiro atoms. The van der Waals surface area contributed by atoms with Gasteiger partial charge in [0, 0.05) is 30.4 Å². The molecule has 0 bridgehead atoms. The molecule has 0 saturated heterocycles. The van der Waals surface area contributed by atoms with E-state index >= 15 is 0 Å². The van der Waals surface area contributed by atoms with Gasteiger partial charge in [0.1, 0.15) is 6.61 Å². The molecule has 0 atom stereocenters. The van der Waals surface area contributed by atoms with Gasteiger partial charge in [-0.15, -0.1) is 0 Å². The summed E-state index contributed by atoms with van der Waals surface area (Å²) in [5.74, 6) is 0.336. The number of halogens is 1. The van der Waals surface area contributed by atoms with E-state index in [1.807, 2.05) is 12.1 Å². The van der Waals surface area contributed by atoms with Crippen molar-refractivity contribution in [2.45, 2.75) is 6.61 Å². The summed E-state index contributed by atoms with van der Waals surface area (Å²) in [7, 11) is 0. The lowest BCUT2D eigenvalue weighted by Crippen LogP contribution is -1.98. The van der Waals surface area contributed by atoms with Crippen LogP contribution in [0.1, 0.15) is 5.56 Å². The van der Waals surface area contributed by atoms with Crippen LogP contribution in [0.15, 0.2) is 36.9 Å². The molecule has 0 aliphatic rings. The van der Waals surface area contributed by atoms with E-state index in [-0.39, 0.29) is 5.15 Å². The zero-order chi connectivity index (χ0) is 10.5. The van der Waals surface area contributed by atoms with Gasteiger partial charge in [0.25, 0.3) is 5.88 Å². The summed E-state index contributed by atoms with van der Waals surface area (Å²) < 4.78 is 5.38. The van der Waals surface area contributed by atoms with Gasteiger partial charge in [0.15, 0.2) is 5.15 Å². The van der Waals surface area contributed by atoms with E-state index in [9.17, 15) is 0 Å². The molecule has 5 heteroatoms. The number of ether oxygens (including phenoxy) is 1. The largest absolute Gasteiger partial charge is 0.471 e. The standard InChI is InChI=1S/C10H8ClN3O/c11-9-10(14-5-4-13-9)15-7-8-2-1-3-12-6-8/h1-6H,7H2. The van der Waals surface area contributed by atoms with Gasteiger partial charge in [0.2, 0.25) is 0 Å². The number of nitrogens with zero attached hydrogens (tertiary/aromatic N) is 3. The Labute approximate surface area is 91.9 Å². The Bertz CT molecular complexity index is 436. The van der Waals surface area contributed by atoms with Crippen molar-refractivity contribution >= 4 is 11.6 Å². The van der Waals surface area contributed by atoms with Crippen LogP contribution in [0, 0.1) is 0 Å². The lowest BCUT2D eigenvalue weighted by atomic mass is 10.3. The van der Waals surface area contributed by atoms with Crippen molar-refractivity contribution in [2.24, 2.45) is 0 Å². The molecule has 2 heterocycles. The second kappa shape index (κ2) is 4.70. The Morgan fingerprint density at radius 2 is 2.07 bits per heavy atom. The SMILES string of the molecule is Clc1nccnc1OCc1cccnc1. The molecule has 2 aromatic heterocycles. The molecular formula is C10H8ClN3O. The van der Waals surface area contributed by atoms with Crippen LogP contribution >= 0.6 is 11.6 Å². The number of aromatic nitrogens is 3. The maximum absolute atomic E-state index is 5.78. The molecule has 0 saturated carbocycles. The molecule has 0 radical (unpaired) electrons. The third-order valence-corrected chi connectivity index (χ3v) is 1.98. The minimum atomic E-state index is 0.265. The fourth-order valence-corrected chi connectivity index (χ4v) is 1.20. The van der Waals surface area contributed by atoms with Crippen molar-refractivity contribution < 1.29 is 4.74 Å². The molecule has 0 N–H and O–H groups in total. The molecule has 2 aromatic rings. The summed E-state index contributed by atoms with van der Waals surface area (Å²) in [5, 5.41) is 0.265. The van der Waals surface area contributed by atoms with E-state index < -0.39 is 0 Å². The van der Waals surface area contributed by atoms with E-state index in [4.69, 9.17) is 16.3 Å². The summed E-state index contributed by atoms with van der Waals surface area (Å²) in [6.45, 7) is 0.381. The van der Waals surface area contributed by atoms with Crippen molar-refractivity contribution in [3.8, 4) is 5.88 Å². The average molecular weight is 222 g/mol. The van der Waals surface area contributed by atoms with Crippen molar-refractivity contribution in [1.29, 1.82) is 0 Å². The van der Waals surface area contributed by atoms with Crippen LogP contribution in [0.4, 0.5) is 0 Å². The topological polar surface area (TPSA) is 47.9 Å². The van der Waals surface area contributed by atoms with Crippen LogP contribution in [-0.4, -0.2) is 15.0 Å². The highest BCUT2D eigenvalue weighted by atomic mass is 35.5. The van der Waals surface area contributed by atoms with Crippen molar-refractivity contribution in [3.05, 3.63) is 47.6 Å². The van der Waals surface area contributed by atoms with Gasteiger partial charge in [-0.1, -0.05) is 17.7 Å². The van der Waals surface area contributed by atoms with Gasteiger partial charge in [-0.25, -0.2) is 9.97 Å². The van der Waals surface area contributed by atoms with E-state index in [2.05, 4.69) is 15.0 Å². The summed E-state index contributed by atoms with van der Waals surface area (Å²) in [4.78, 5) is 11.8. The first-order valence-electron chi connectivity index (χ1n) is 4.34. The Kier molecular flexibility index (Phi) is 3.09. The summed E-state index contributed by atoms with van der Waals surface area (Å²) >= 11 is 5.78. The average Bonchev–Trinajstić information content (AvgIpc) is 2.29. The Balaban J connectivity index is 2.03. The summed E-state index contributed by atoms with van der Waals surface area (Å²) in [5.41, 5.74) is 0.958. The fourth-order valence-electron chi connectivity index (χ4n) is 1.04. The van der Waals surface area contributed by atoms with Crippen molar-refractivity contribution in [1.82, 2.24) is 15.0 Å². The highest BCUT2D eigenvalue weighted by Crippen LogP contribution is 2.17. The molecule has 0 aliphatic heterocycles. The maximum Gasteiger partial charge on any atom is 0.252 e. The van der Waals surface area contributed by atoms with Crippen molar-refractivity contribution in [2.75, 3.05) is 0 Å². The zero-order valence-corrected chi connectivity index (χ0v) is 8.55. The minimum absolute atomic E-state index is 0.265. The predicted octanol–water partition coefficient (Wildman–Crippen LogP) is 2.10. The zero-order valence-electron chi connectivity index (χ0n) is 7.80. The summed E-state index contributed by atoms with van der Waals surface area (Å²) in [6.07, 6.45) is 6.48. The molecule has 76 valence electrons. The Morgan fingerprint density at radius 3 is 2.80 bits per heavy atom. The molecule has 0 unspecified atom stereocenters. The predicted molar refractivity (Wildman–Crippen MR) is 55.6 cm³/mol. The van der Waals surface area contributed by atoms with Crippen molar-refractivity contribution in [3.63, 3.8) is 0 Å². The lowest BCUT2D eigenvalue weighted by molar-refractivity contribution is 0.292. The van der Waals surface area contributed by atoms with Crippen LogP contribution in [0.5, 0.6) is 5.88 Å². The number of hydrogen-bond acceptors (Lipinski definition) is 4. The molecule has 0 aromatic carbocycles. The van der Waals surface area contributed by atoms with Gasteiger partial charge < -0.3 is 4.74 Å². The van der Waals surface area contributed by atoms with Crippen LogP contribution < -0.4 is 4.74 Å². The molecular weight excluding hydrogens is 214 g/mol. The van der Waals surface area contributed by atoms with E-state index in [1.165, 1.54) is 12.4 Å². The first-order chi connectivity index (χ1) is 7.36. The van der Waals surface area contributed by atoms with Gasteiger partial charge >= 0.3 is 0 Å². The van der Waals surface area contributed by atoms with Gasteiger partial charge in [-0.2, -0.15) is 0 Å². The molecule has 2 rings (SSSR count). The first kappa shape index (κ1) is 9.86. The van der Waals surface area contributed by atoms with E-state index in [0.29, 0.717) is 12.5 Å². The van der Waals surface area contributed by atoms with Crippen LogP contribution in [-0.2, 0) is 6.61 Å². The lowest BCUT2D eigenvalue weighted by Gasteiger charge is -2.04. The molecule has 0 aliphatic carbocycles. The van der Waals surface area contributed by atoms with Gasteiger partial charge in [-0.05, 0) is 6.07 Å². The Hall–Kier alpha value is -1.68. The first-order valence-corrected chi connectivity index (χ1v) is 4.72. The van der Waals surface area contributed by atoms with Gasteiger partial charge in [-0.3, -0.25) is 4.98 Å². The van der Waals surface area contributed by atoms with E-state index in [1.54, 1.807) is 12.4 Å². The third-order valence-electron chi connectivity index (χ3n) is 1.72. The van der Waals surface area contributed by atoms with Crippen LogP contribution in [0.3, 0.4) is 0 Å². The second-order valence-corrected chi connectivity index (χ2v) is 3.16. The molecule has 0 amide bonds. The smallest absolute Gasteiger partial charge is 0.252 e.